The molecular weight excluding hydrogens is 294 g/mol. The van der Waals surface area contributed by atoms with Crippen molar-refractivity contribution in [3.05, 3.63) is 28.2 Å². The summed E-state index contributed by atoms with van der Waals surface area (Å²) in [6.07, 6.45) is 0.349. The van der Waals surface area contributed by atoms with E-state index in [1.165, 1.54) is 6.07 Å². The zero-order chi connectivity index (χ0) is 12.4. The van der Waals surface area contributed by atoms with Crippen LogP contribution in [0.2, 0.25) is 0 Å². The van der Waals surface area contributed by atoms with Gasteiger partial charge in [-0.1, -0.05) is 0 Å². The van der Waals surface area contributed by atoms with Crippen LogP contribution < -0.4 is 10.6 Å². The number of anilines is 1. The quantitative estimate of drug-likeness (QED) is 0.841. The Morgan fingerprint density at radius 3 is 2.71 bits per heavy atom. The van der Waals surface area contributed by atoms with Gasteiger partial charge in [0.25, 0.3) is 0 Å². The van der Waals surface area contributed by atoms with Crippen LogP contribution in [0.4, 0.5) is 14.5 Å². The van der Waals surface area contributed by atoms with Gasteiger partial charge in [0.15, 0.2) is 0 Å². The highest BCUT2D eigenvalue weighted by Crippen LogP contribution is 2.24. The number of carbonyl (C=O) groups excluding carboxylic acids is 1. The average Bonchev–Trinajstić information content (AvgIpc) is 2.20. The average molecular weight is 305 g/mol. The molecule has 1 fully saturated rings. The van der Waals surface area contributed by atoms with E-state index in [2.05, 4.69) is 26.6 Å². The largest absolute Gasteiger partial charge is 0.324 e. The van der Waals surface area contributed by atoms with Crippen molar-refractivity contribution in [3.63, 3.8) is 0 Å². The summed E-state index contributed by atoms with van der Waals surface area (Å²) in [5, 5.41) is 5.49. The maximum atomic E-state index is 13.3. The molecule has 0 aromatic heterocycles. The zero-order valence-electron chi connectivity index (χ0n) is 8.90. The number of nitrogens with one attached hydrogen (secondary N) is 2. The van der Waals surface area contributed by atoms with Crippen LogP contribution in [0.3, 0.4) is 0 Å². The summed E-state index contributed by atoms with van der Waals surface area (Å²) >= 11 is 2.94. The molecule has 1 saturated heterocycles. The third-order valence-electron chi connectivity index (χ3n) is 2.62. The second kappa shape index (κ2) is 5.10. The summed E-state index contributed by atoms with van der Waals surface area (Å²) in [7, 11) is 0. The first-order valence-corrected chi connectivity index (χ1v) is 6.00. The second-order valence-corrected chi connectivity index (χ2v) is 4.88. The van der Waals surface area contributed by atoms with Gasteiger partial charge in [0.05, 0.1) is 10.2 Å². The molecule has 1 aromatic carbocycles. The summed E-state index contributed by atoms with van der Waals surface area (Å²) < 4.78 is 26.4. The lowest BCUT2D eigenvalue weighted by atomic mass is 9.99. The Morgan fingerprint density at radius 1 is 1.41 bits per heavy atom. The van der Waals surface area contributed by atoms with E-state index in [1.54, 1.807) is 0 Å². The van der Waals surface area contributed by atoms with Crippen LogP contribution in [-0.2, 0) is 4.79 Å². The van der Waals surface area contributed by atoms with E-state index in [1.807, 2.05) is 0 Å². The van der Waals surface area contributed by atoms with Gasteiger partial charge in [0.1, 0.15) is 11.6 Å². The van der Waals surface area contributed by atoms with Crippen molar-refractivity contribution in [1.82, 2.24) is 5.32 Å². The first kappa shape index (κ1) is 12.4. The number of amides is 1. The van der Waals surface area contributed by atoms with Crippen molar-refractivity contribution in [2.45, 2.75) is 6.42 Å². The maximum Gasteiger partial charge on any atom is 0.224 e. The second-order valence-electron chi connectivity index (χ2n) is 4.02. The van der Waals surface area contributed by atoms with E-state index in [4.69, 9.17) is 0 Å². The summed E-state index contributed by atoms with van der Waals surface area (Å²) in [6.45, 7) is 1.62. The maximum absolute atomic E-state index is 13.3. The van der Waals surface area contributed by atoms with Crippen molar-refractivity contribution in [2.24, 2.45) is 5.92 Å². The molecule has 1 heterocycles. The third-order valence-corrected chi connectivity index (χ3v) is 3.23. The van der Waals surface area contributed by atoms with Crippen LogP contribution in [-0.4, -0.2) is 19.0 Å². The monoisotopic (exact) mass is 304 g/mol. The van der Waals surface area contributed by atoms with E-state index >= 15 is 0 Å². The summed E-state index contributed by atoms with van der Waals surface area (Å²) in [5.41, 5.74) is -0.00411. The molecule has 1 amide bonds. The Labute approximate surface area is 106 Å². The van der Waals surface area contributed by atoms with Crippen LogP contribution in [0.1, 0.15) is 6.42 Å². The molecular formula is C11H11BrF2N2O. The number of hydrogen-bond acceptors (Lipinski definition) is 2. The predicted octanol–water partition coefficient (Wildman–Crippen LogP) is 2.28. The predicted molar refractivity (Wildman–Crippen MR) is 63.7 cm³/mol. The molecule has 2 N–H and O–H groups in total. The molecule has 0 atom stereocenters. The van der Waals surface area contributed by atoms with Crippen molar-refractivity contribution >= 4 is 27.5 Å². The molecule has 0 spiro atoms. The van der Waals surface area contributed by atoms with Gasteiger partial charge in [0.2, 0.25) is 5.91 Å². The minimum Gasteiger partial charge on any atom is -0.324 e. The van der Waals surface area contributed by atoms with Gasteiger partial charge in [-0.3, -0.25) is 4.79 Å². The van der Waals surface area contributed by atoms with E-state index in [-0.39, 0.29) is 16.1 Å². The highest BCUT2D eigenvalue weighted by atomic mass is 79.9. The fourth-order valence-electron chi connectivity index (χ4n) is 1.57. The van der Waals surface area contributed by atoms with Crippen LogP contribution in [0, 0.1) is 17.6 Å². The molecule has 6 heteroatoms. The Morgan fingerprint density at radius 2 is 2.12 bits per heavy atom. The molecule has 0 radical (unpaired) electrons. The smallest absolute Gasteiger partial charge is 0.224 e. The molecule has 2 rings (SSSR count). The number of halogens is 3. The number of rotatable bonds is 3. The minimum atomic E-state index is -0.772. The third kappa shape index (κ3) is 3.01. The molecule has 1 aliphatic rings. The fraction of sp³-hybridized carbons (Fsp3) is 0.364. The Hall–Kier alpha value is -1.01. The van der Waals surface area contributed by atoms with Crippen LogP contribution in [0.5, 0.6) is 0 Å². The highest BCUT2D eigenvalue weighted by molar-refractivity contribution is 9.10. The summed E-state index contributed by atoms with van der Waals surface area (Å²) in [4.78, 5) is 11.5. The van der Waals surface area contributed by atoms with Crippen molar-refractivity contribution in [3.8, 4) is 0 Å². The van der Waals surface area contributed by atoms with Crippen molar-refractivity contribution in [2.75, 3.05) is 18.4 Å². The Kier molecular flexibility index (Phi) is 3.73. The van der Waals surface area contributed by atoms with Crippen LogP contribution in [0.15, 0.2) is 16.6 Å². The normalized spacial score (nSPS) is 15.5. The molecule has 0 aliphatic carbocycles. The van der Waals surface area contributed by atoms with Gasteiger partial charge in [-0.2, -0.15) is 0 Å². The van der Waals surface area contributed by atoms with Crippen molar-refractivity contribution in [1.29, 1.82) is 0 Å². The first-order valence-electron chi connectivity index (χ1n) is 5.21. The van der Waals surface area contributed by atoms with Gasteiger partial charge in [-0.15, -0.1) is 0 Å². The van der Waals surface area contributed by atoms with E-state index in [0.717, 1.165) is 19.2 Å². The number of hydrogen-bond donors (Lipinski definition) is 2. The molecule has 0 unspecified atom stereocenters. The fourth-order valence-corrected chi connectivity index (χ4v) is 1.92. The zero-order valence-corrected chi connectivity index (χ0v) is 10.5. The lowest BCUT2D eigenvalue weighted by Crippen LogP contribution is -2.43. The van der Waals surface area contributed by atoms with E-state index in [9.17, 15) is 13.6 Å². The molecule has 0 bridgehead atoms. The molecule has 1 aromatic rings. The van der Waals surface area contributed by atoms with Crippen LogP contribution in [0.25, 0.3) is 0 Å². The summed E-state index contributed by atoms with van der Waals surface area (Å²) in [6, 6.07) is 1.96. The minimum absolute atomic E-state index is 0.00411. The lowest BCUT2D eigenvalue weighted by molar-refractivity contribution is -0.117. The van der Waals surface area contributed by atoms with Gasteiger partial charge >= 0.3 is 0 Å². The Balaban J connectivity index is 2.02. The summed E-state index contributed by atoms with van der Waals surface area (Å²) in [5.74, 6) is -1.41. The van der Waals surface area contributed by atoms with Gasteiger partial charge in [0, 0.05) is 12.5 Å². The van der Waals surface area contributed by atoms with E-state index in [0.29, 0.717) is 12.3 Å². The molecule has 17 heavy (non-hydrogen) atoms. The van der Waals surface area contributed by atoms with Gasteiger partial charge in [-0.25, -0.2) is 8.78 Å². The highest BCUT2D eigenvalue weighted by Gasteiger charge is 2.20. The molecule has 0 saturated carbocycles. The molecule has 3 nitrogen and oxygen atoms in total. The SMILES string of the molecule is O=C(CC1CNC1)Nc1cc(Br)c(F)cc1F. The van der Waals surface area contributed by atoms with Gasteiger partial charge in [-0.05, 0) is 41.0 Å². The van der Waals surface area contributed by atoms with E-state index < -0.39 is 11.6 Å². The van der Waals surface area contributed by atoms with Gasteiger partial charge < -0.3 is 10.6 Å². The molecule has 92 valence electrons. The number of benzene rings is 1. The Bertz CT molecular complexity index is 449. The van der Waals surface area contributed by atoms with Crippen LogP contribution >= 0.6 is 15.9 Å². The first-order chi connectivity index (χ1) is 8.06. The molecule has 1 aliphatic heterocycles. The van der Waals surface area contributed by atoms with Crippen molar-refractivity contribution < 1.29 is 13.6 Å². The topological polar surface area (TPSA) is 41.1 Å². The standard InChI is InChI=1S/C11H11BrF2N2O/c12-7-2-10(9(14)3-8(7)13)16-11(17)1-6-4-15-5-6/h2-3,6,15H,1,4-5H2,(H,16,17). The number of carbonyl (C=O) groups is 1. The lowest BCUT2D eigenvalue weighted by Gasteiger charge is -2.26.